The SMILES string of the molecule is CC1C([C@H](C)N2CCC(c3ccc(C(=O)N4CCC(CN5CCN(c6ccc(NC7CCC(=O)NC7=O)c(F)n6)CC5)CC4)cc3)CC2)=Cc2c(-c3ccc(N)nc3)ccnc21. The number of nitrogens with one attached hydrogen (secondary N) is 2. The van der Waals surface area contributed by atoms with Gasteiger partial charge in [0.15, 0.2) is 0 Å². The molecule has 1 aromatic carbocycles. The van der Waals surface area contributed by atoms with Gasteiger partial charge >= 0.3 is 0 Å². The number of nitrogen functional groups attached to an aromatic ring is 1. The number of hydrogen-bond donors (Lipinski definition) is 3. The molecule has 7 heterocycles. The highest BCUT2D eigenvalue weighted by Crippen LogP contribution is 2.43. The van der Waals surface area contributed by atoms with E-state index < -0.39 is 17.9 Å². The van der Waals surface area contributed by atoms with Gasteiger partial charge in [-0.3, -0.25) is 34.5 Å². The fraction of sp³-hybridized carbons (Fsp3) is 0.458. The van der Waals surface area contributed by atoms with Gasteiger partial charge in [-0.15, -0.1) is 0 Å². The lowest BCUT2D eigenvalue weighted by Gasteiger charge is -2.39. The average Bonchev–Trinajstić information content (AvgIpc) is 3.64. The van der Waals surface area contributed by atoms with Crippen LogP contribution in [0.2, 0.25) is 0 Å². The molecule has 3 amide bonds. The van der Waals surface area contributed by atoms with Crippen LogP contribution < -0.4 is 21.3 Å². The molecule has 13 nitrogen and oxygen atoms in total. The van der Waals surface area contributed by atoms with Gasteiger partial charge in [0.05, 0.1) is 11.4 Å². The van der Waals surface area contributed by atoms with E-state index in [0.29, 0.717) is 35.9 Å². The molecule has 0 bridgehead atoms. The summed E-state index contributed by atoms with van der Waals surface area (Å²) in [7, 11) is 0. The standard InChI is InChI=1S/C48H57FN10O3/c1-30-38(27-39-37(13-18-51-45(30)39)36-7-10-42(50)52-28-36)31(2)57-21-16-34(17-22-57)33-3-5-35(6-4-33)48(62)59-19-14-32(15-20-59)29-56-23-25-58(26-24-56)43-11-8-40(46(49)54-43)53-41-9-12-44(60)55-47(41)61/h3-8,10-11,13,18,27-28,30-32,34,41,53H,9,12,14-17,19-26,29H2,1-2H3,(H2,50,52)(H,55,60,61)/t30?,31-,41?/m0/s1. The van der Waals surface area contributed by atoms with E-state index in [0.717, 1.165) is 107 Å². The minimum absolute atomic E-state index is 0.121. The van der Waals surface area contributed by atoms with Gasteiger partial charge in [-0.05, 0) is 123 Å². The molecule has 3 atom stereocenters. The van der Waals surface area contributed by atoms with Crippen LogP contribution in [0.25, 0.3) is 17.2 Å². The number of fused-ring (bicyclic) bond motifs is 1. The molecule has 1 aliphatic carbocycles. The zero-order valence-corrected chi connectivity index (χ0v) is 35.7. The maximum atomic E-state index is 15.0. The van der Waals surface area contributed by atoms with E-state index in [2.05, 4.69) is 73.4 Å². The molecule has 14 heteroatoms. The molecule has 4 N–H and O–H groups in total. The Labute approximate surface area is 363 Å². The first-order valence-electron chi connectivity index (χ1n) is 22.4. The predicted octanol–water partition coefficient (Wildman–Crippen LogP) is 5.92. The van der Waals surface area contributed by atoms with Gasteiger partial charge in [0, 0.05) is 93.3 Å². The normalized spacial score (nSPS) is 22.3. The Morgan fingerprint density at radius 1 is 0.903 bits per heavy atom. The fourth-order valence-corrected chi connectivity index (χ4v) is 10.2. The van der Waals surface area contributed by atoms with Crippen molar-refractivity contribution in [3.8, 4) is 11.1 Å². The highest BCUT2D eigenvalue weighted by atomic mass is 19.1. The number of nitrogens with zero attached hydrogens (tertiary/aromatic N) is 7. The molecule has 324 valence electrons. The molecule has 2 unspecified atom stereocenters. The number of pyridine rings is 3. The first-order valence-corrected chi connectivity index (χ1v) is 22.4. The van der Waals surface area contributed by atoms with Gasteiger partial charge in [-0.1, -0.05) is 25.1 Å². The average molecular weight is 841 g/mol. The van der Waals surface area contributed by atoms with Crippen molar-refractivity contribution in [3.63, 3.8) is 0 Å². The molecule has 4 aliphatic heterocycles. The lowest BCUT2D eigenvalue weighted by molar-refractivity contribution is -0.133. The number of halogens is 1. The first-order chi connectivity index (χ1) is 30.1. The highest BCUT2D eigenvalue weighted by molar-refractivity contribution is 6.01. The monoisotopic (exact) mass is 840 g/mol. The lowest BCUT2D eigenvalue weighted by atomic mass is 9.87. The molecule has 0 spiro atoms. The van der Waals surface area contributed by atoms with Crippen LogP contribution in [-0.4, -0.2) is 118 Å². The number of rotatable bonds is 10. The van der Waals surface area contributed by atoms with Crippen LogP contribution in [0.3, 0.4) is 0 Å². The summed E-state index contributed by atoms with van der Waals surface area (Å²) in [4.78, 5) is 59.7. The van der Waals surface area contributed by atoms with Gasteiger partial charge in [0.1, 0.15) is 17.7 Å². The number of aromatic nitrogens is 3. The molecule has 3 aromatic heterocycles. The molecule has 4 fully saturated rings. The number of hydrogen-bond acceptors (Lipinski definition) is 11. The van der Waals surface area contributed by atoms with Crippen molar-refractivity contribution in [2.75, 3.05) is 74.9 Å². The summed E-state index contributed by atoms with van der Waals surface area (Å²) in [5.74, 6) is 1.06. The van der Waals surface area contributed by atoms with Crippen LogP contribution in [-0.2, 0) is 9.59 Å². The minimum atomic E-state index is -0.663. The Kier molecular flexibility index (Phi) is 12.0. The summed E-state index contributed by atoms with van der Waals surface area (Å²) >= 11 is 0. The number of piperidine rings is 3. The van der Waals surface area contributed by atoms with Crippen molar-refractivity contribution in [1.82, 2.24) is 35.0 Å². The van der Waals surface area contributed by atoms with E-state index in [1.54, 1.807) is 12.1 Å². The van der Waals surface area contributed by atoms with Crippen molar-refractivity contribution < 1.29 is 18.8 Å². The molecule has 4 saturated heterocycles. The predicted molar refractivity (Wildman–Crippen MR) is 239 cm³/mol. The van der Waals surface area contributed by atoms with Crippen LogP contribution in [0.1, 0.15) is 91.4 Å². The number of likely N-dealkylation sites (tertiary alicyclic amines) is 2. The zero-order chi connectivity index (χ0) is 42.9. The van der Waals surface area contributed by atoms with Crippen LogP contribution >= 0.6 is 0 Å². The zero-order valence-electron chi connectivity index (χ0n) is 35.7. The van der Waals surface area contributed by atoms with E-state index in [4.69, 9.17) is 10.7 Å². The van der Waals surface area contributed by atoms with E-state index in [-0.39, 0.29) is 29.8 Å². The van der Waals surface area contributed by atoms with Gasteiger partial charge < -0.3 is 20.9 Å². The van der Waals surface area contributed by atoms with E-state index in [1.807, 2.05) is 41.6 Å². The maximum absolute atomic E-state index is 15.0. The molecule has 5 aliphatic rings. The summed E-state index contributed by atoms with van der Waals surface area (Å²) < 4.78 is 15.0. The van der Waals surface area contributed by atoms with Crippen molar-refractivity contribution in [2.24, 2.45) is 5.92 Å². The number of nitrogens with two attached hydrogens (primary N) is 1. The second-order valence-corrected chi connectivity index (χ2v) is 17.8. The number of carbonyl (C=O) groups is 3. The van der Waals surface area contributed by atoms with Gasteiger partial charge in [-0.2, -0.15) is 4.39 Å². The number of imide groups is 1. The second kappa shape index (κ2) is 17.9. The summed E-state index contributed by atoms with van der Waals surface area (Å²) in [6.45, 7) is 12.4. The fourth-order valence-electron chi connectivity index (χ4n) is 10.2. The summed E-state index contributed by atoms with van der Waals surface area (Å²) in [6, 6.07) is 17.4. The quantitative estimate of drug-likeness (QED) is 0.129. The van der Waals surface area contributed by atoms with E-state index in [9.17, 15) is 18.8 Å². The van der Waals surface area contributed by atoms with Crippen LogP contribution in [0.5, 0.6) is 0 Å². The largest absolute Gasteiger partial charge is 0.384 e. The second-order valence-electron chi connectivity index (χ2n) is 17.8. The Morgan fingerprint density at radius 2 is 1.66 bits per heavy atom. The third-order valence-electron chi connectivity index (χ3n) is 14.0. The molecule has 0 saturated carbocycles. The Bertz CT molecular complexity index is 2310. The minimum Gasteiger partial charge on any atom is -0.384 e. The van der Waals surface area contributed by atoms with E-state index >= 15 is 0 Å². The number of piperazine rings is 1. The molecule has 9 rings (SSSR count). The Balaban J connectivity index is 0.708. The molecular formula is C48H57FN10O3. The maximum Gasteiger partial charge on any atom is 0.253 e. The van der Waals surface area contributed by atoms with Crippen LogP contribution in [0.4, 0.5) is 21.7 Å². The number of carbonyl (C=O) groups excluding carboxylic acids is 3. The first kappa shape index (κ1) is 41.6. The van der Waals surface area contributed by atoms with Gasteiger partial charge in [0.2, 0.25) is 17.8 Å². The number of benzene rings is 1. The van der Waals surface area contributed by atoms with Crippen molar-refractivity contribution in [2.45, 2.75) is 76.3 Å². The third-order valence-corrected chi connectivity index (χ3v) is 14.0. The van der Waals surface area contributed by atoms with Crippen LogP contribution in [0.15, 0.2) is 72.6 Å². The van der Waals surface area contributed by atoms with Crippen LogP contribution in [0, 0.1) is 11.9 Å². The van der Waals surface area contributed by atoms with Gasteiger partial charge in [0.25, 0.3) is 5.91 Å². The smallest absolute Gasteiger partial charge is 0.253 e. The highest BCUT2D eigenvalue weighted by Gasteiger charge is 2.34. The number of anilines is 3. The molecule has 4 aromatic rings. The van der Waals surface area contributed by atoms with E-state index in [1.165, 1.54) is 16.7 Å². The summed E-state index contributed by atoms with van der Waals surface area (Å²) in [6.07, 6.45) is 10.8. The van der Waals surface area contributed by atoms with Crippen molar-refractivity contribution in [3.05, 3.63) is 101 Å². The molecular weight excluding hydrogens is 784 g/mol. The molecule has 62 heavy (non-hydrogen) atoms. The summed E-state index contributed by atoms with van der Waals surface area (Å²) in [5.41, 5.74) is 14.0. The number of amides is 3. The third kappa shape index (κ3) is 8.80. The topological polar surface area (TPSA) is 153 Å². The summed E-state index contributed by atoms with van der Waals surface area (Å²) in [5, 5.41) is 5.18. The Morgan fingerprint density at radius 3 is 2.35 bits per heavy atom. The van der Waals surface area contributed by atoms with Crippen molar-refractivity contribution in [1.29, 1.82) is 0 Å². The lowest BCUT2D eigenvalue weighted by Crippen LogP contribution is -2.49. The Hall–Kier alpha value is -5.73. The molecule has 0 radical (unpaired) electrons. The van der Waals surface area contributed by atoms with Crippen molar-refractivity contribution >= 4 is 41.1 Å². The van der Waals surface area contributed by atoms with Gasteiger partial charge in [-0.25, -0.2) is 9.97 Å².